The smallest absolute Gasteiger partial charge is 0.351 e. The predicted molar refractivity (Wildman–Crippen MR) is 128 cm³/mol. The largest absolute Gasteiger partial charge is 0.433 e. The average molecular weight is 524 g/mol. The fourth-order valence-electron chi connectivity index (χ4n) is 3.54. The standard InChI is InChI=1S/C25H25F4N3O3S/c1-15-5-4-6-18(11-15)23-19(9-10-22(32-23)25(27,28)29)13-31-24(33)16(2)17-7-8-20(21(26)12-17)14-36(34,35)30-3/h4-12,16,30H,13-14H2,1-3H3,(H,31,33)/t16-/m0/s1. The number of alkyl halides is 3. The highest BCUT2D eigenvalue weighted by Crippen LogP contribution is 2.31. The lowest BCUT2D eigenvalue weighted by atomic mass is 9.98. The second kappa shape index (κ2) is 10.8. The van der Waals surface area contributed by atoms with Crippen LogP contribution in [-0.2, 0) is 33.3 Å². The molecule has 2 aromatic carbocycles. The van der Waals surface area contributed by atoms with Gasteiger partial charge >= 0.3 is 6.18 Å². The Morgan fingerprint density at radius 3 is 2.36 bits per heavy atom. The zero-order valence-corrected chi connectivity index (χ0v) is 20.6. The van der Waals surface area contributed by atoms with Crippen LogP contribution in [0.15, 0.2) is 54.6 Å². The van der Waals surface area contributed by atoms with E-state index in [0.717, 1.165) is 17.7 Å². The van der Waals surface area contributed by atoms with Crippen molar-refractivity contribution in [2.45, 2.75) is 38.2 Å². The van der Waals surface area contributed by atoms with Crippen LogP contribution < -0.4 is 10.0 Å². The minimum Gasteiger partial charge on any atom is -0.351 e. The Hall–Kier alpha value is -3.31. The average Bonchev–Trinajstić information content (AvgIpc) is 2.82. The molecule has 1 amide bonds. The van der Waals surface area contributed by atoms with Crippen LogP contribution >= 0.6 is 0 Å². The number of aryl methyl sites for hydroxylation is 1. The molecule has 0 radical (unpaired) electrons. The van der Waals surface area contributed by atoms with Crippen LogP contribution in [0, 0.1) is 12.7 Å². The highest BCUT2D eigenvalue weighted by atomic mass is 32.2. The van der Waals surface area contributed by atoms with Crippen molar-refractivity contribution in [2.75, 3.05) is 7.05 Å². The van der Waals surface area contributed by atoms with E-state index in [-0.39, 0.29) is 17.8 Å². The third-order valence-corrected chi connectivity index (χ3v) is 6.95. The summed E-state index contributed by atoms with van der Waals surface area (Å²) in [6, 6.07) is 12.9. The Kier molecular flexibility index (Phi) is 8.15. The number of hydrogen-bond acceptors (Lipinski definition) is 4. The molecule has 36 heavy (non-hydrogen) atoms. The Morgan fingerprint density at radius 2 is 1.75 bits per heavy atom. The lowest BCUT2D eigenvalue weighted by Crippen LogP contribution is -2.28. The van der Waals surface area contributed by atoms with Crippen LogP contribution in [0.2, 0.25) is 0 Å². The van der Waals surface area contributed by atoms with E-state index < -0.39 is 45.3 Å². The number of carbonyl (C=O) groups excluding carboxylic acids is 1. The first-order chi connectivity index (χ1) is 16.8. The van der Waals surface area contributed by atoms with Gasteiger partial charge in [-0.3, -0.25) is 4.79 Å². The number of hydrogen-bond donors (Lipinski definition) is 2. The molecule has 3 aromatic rings. The van der Waals surface area contributed by atoms with E-state index in [1.54, 1.807) is 38.1 Å². The van der Waals surface area contributed by atoms with E-state index in [1.807, 2.05) is 0 Å². The summed E-state index contributed by atoms with van der Waals surface area (Å²) >= 11 is 0. The van der Waals surface area contributed by atoms with Gasteiger partial charge in [0.25, 0.3) is 0 Å². The summed E-state index contributed by atoms with van der Waals surface area (Å²) in [7, 11) is -2.44. The van der Waals surface area contributed by atoms with Crippen LogP contribution in [0.1, 0.15) is 40.8 Å². The van der Waals surface area contributed by atoms with Crippen molar-refractivity contribution in [3.63, 3.8) is 0 Å². The topological polar surface area (TPSA) is 88.2 Å². The number of rotatable bonds is 8. The fourth-order valence-corrected chi connectivity index (χ4v) is 4.33. The molecule has 6 nitrogen and oxygen atoms in total. The van der Waals surface area contributed by atoms with Gasteiger partial charge in [-0.05, 0) is 50.2 Å². The van der Waals surface area contributed by atoms with E-state index in [0.29, 0.717) is 16.7 Å². The molecule has 1 heterocycles. The number of nitrogens with one attached hydrogen (secondary N) is 2. The predicted octanol–water partition coefficient (Wildman–Crippen LogP) is 4.68. The van der Waals surface area contributed by atoms with Crippen molar-refractivity contribution < 1.29 is 30.8 Å². The molecule has 3 rings (SSSR count). The van der Waals surface area contributed by atoms with Crippen LogP contribution in [0.3, 0.4) is 0 Å². The van der Waals surface area contributed by atoms with Gasteiger partial charge in [0.1, 0.15) is 11.5 Å². The van der Waals surface area contributed by atoms with Gasteiger partial charge in [0.05, 0.1) is 17.4 Å². The molecule has 0 saturated heterocycles. The first-order valence-corrected chi connectivity index (χ1v) is 12.6. The van der Waals surface area contributed by atoms with Gasteiger partial charge in [0.2, 0.25) is 15.9 Å². The Bertz CT molecular complexity index is 1380. The number of aromatic nitrogens is 1. The lowest BCUT2D eigenvalue weighted by Gasteiger charge is -2.16. The molecule has 0 bridgehead atoms. The number of amides is 1. The summed E-state index contributed by atoms with van der Waals surface area (Å²) in [6.07, 6.45) is -4.63. The number of pyridine rings is 1. The Labute approximate surface area is 206 Å². The SMILES string of the molecule is CNS(=O)(=O)Cc1ccc([C@H](C)C(=O)NCc2ccc(C(F)(F)F)nc2-c2cccc(C)c2)cc1F. The molecule has 0 aliphatic rings. The number of benzene rings is 2. The third-order valence-electron chi connectivity index (χ3n) is 5.64. The highest BCUT2D eigenvalue weighted by Gasteiger charge is 2.33. The summed E-state index contributed by atoms with van der Waals surface area (Å²) in [5.74, 6) is -2.60. The molecule has 1 atom stereocenters. The molecule has 2 N–H and O–H groups in total. The zero-order valence-electron chi connectivity index (χ0n) is 19.8. The van der Waals surface area contributed by atoms with Crippen molar-refractivity contribution in [2.24, 2.45) is 0 Å². The summed E-state index contributed by atoms with van der Waals surface area (Å²) in [5.41, 5.74) is 1.03. The monoisotopic (exact) mass is 523 g/mol. The molecule has 0 unspecified atom stereocenters. The van der Waals surface area contributed by atoms with Crippen LogP contribution in [0.25, 0.3) is 11.3 Å². The molecule has 192 valence electrons. The van der Waals surface area contributed by atoms with E-state index in [2.05, 4.69) is 15.0 Å². The van der Waals surface area contributed by atoms with E-state index >= 15 is 0 Å². The summed E-state index contributed by atoms with van der Waals surface area (Å²) in [5, 5.41) is 2.67. The molecule has 0 aliphatic carbocycles. The number of nitrogens with zero attached hydrogens (tertiary/aromatic N) is 1. The molecule has 0 spiro atoms. The number of halogens is 4. The van der Waals surface area contributed by atoms with Crippen molar-refractivity contribution in [3.05, 3.63) is 88.4 Å². The lowest BCUT2D eigenvalue weighted by molar-refractivity contribution is -0.141. The molecule has 0 aliphatic heterocycles. The van der Waals surface area contributed by atoms with Crippen molar-refractivity contribution in [1.29, 1.82) is 0 Å². The van der Waals surface area contributed by atoms with Crippen LogP contribution in [-0.4, -0.2) is 26.4 Å². The Balaban J connectivity index is 1.81. The molecular formula is C25H25F4N3O3S. The molecule has 11 heteroatoms. The number of carbonyl (C=O) groups is 1. The highest BCUT2D eigenvalue weighted by molar-refractivity contribution is 7.88. The minimum absolute atomic E-state index is 0.0423. The second-order valence-corrected chi connectivity index (χ2v) is 10.3. The van der Waals surface area contributed by atoms with E-state index in [4.69, 9.17) is 0 Å². The van der Waals surface area contributed by atoms with Crippen LogP contribution in [0.5, 0.6) is 0 Å². The first kappa shape index (κ1) is 27.3. The molecule has 0 saturated carbocycles. The van der Waals surface area contributed by atoms with Gasteiger partial charge in [-0.2, -0.15) is 13.2 Å². The maximum atomic E-state index is 14.5. The van der Waals surface area contributed by atoms with Crippen molar-refractivity contribution in [3.8, 4) is 11.3 Å². The number of sulfonamides is 1. The molecular weight excluding hydrogens is 498 g/mol. The van der Waals surface area contributed by atoms with Crippen molar-refractivity contribution >= 4 is 15.9 Å². The fraction of sp³-hybridized carbons (Fsp3) is 0.280. The van der Waals surface area contributed by atoms with Crippen molar-refractivity contribution in [1.82, 2.24) is 15.0 Å². The summed E-state index contributed by atoms with van der Waals surface area (Å²) < 4.78 is 79.8. The molecule has 1 aromatic heterocycles. The maximum absolute atomic E-state index is 14.5. The Morgan fingerprint density at radius 1 is 1.06 bits per heavy atom. The van der Waals surface area contributed by atoms with Gasteiger partial charge in [-0.1, -0.05) is 42.0 Å². The van der Waals surface area contributed by atoms with E-state index in [9.17, 15) is 30.8 Å². The normalized spacial score (nSPS) is 12.9. The maximum Gasteiger partial charge on any atom is 0.433 e. The molecule has 0 fully saturated rings. The first-order valence-electron chi connectivity index (χ1n) is 10.9. The summed E-state index contributed by atoms with van der Waals surface area (Å²) in [6.45, 7) is 3.25. The van der Waals surface area contributed by atoms with E-state index in [1.165, 1.54) is 25.2 Å². The quantitative estimate of drug-likeness (QED) is 0.420. The second-order valence-electron chi connectivity index (χ2n) is 8.33. The van der Waals surface area contributed by atoms with Gasteiger partial charge in [-0.15, -0.1) is 0 Å². The minimum atomic E-state index is -4.63. The van der Waals surface area contributed by atoms with Gasteiger partial charge in [0.15, 0.2) is 0 Å². The summed E-state index contributed by atoms with van der Waals surface area (Å²) in [4.78, 5) is 16.6. The van der Waals surface area contributed by atoms with Gasteiger partial charge < -0.3 is 5.32 Å². The zero-order chi connectivity index (χ0) is 26.7. The van der Waals surface area contributed by atoms with Crippen LogP contribution in [0.4, 0.5) is 17.6 Å². The van der Waals surface area contributed by atoms with Gasteiger partial charge in [-0.25, -0.2) is 22.5 Å². The van der Waals surface area contributed by atoms with Gasteiger partial charge in [0, 0.05) is 17.7 Å². The third kappa shape index (κ3) is 6.67.